The Bertz CT molecular complexity index is 401. The highest BCUT2D eigenvalue weighted by Crippen LogP contribution is 2.20. The summed E-state index contributed by atoms with van der Waals surface area (Å²) in [6.45, 7) is 12.3. The molecule has 3 nitrogen and oxygen atoms in total. The largest absolute Gasteiger partial charge is 0.297 e. The fraction of sp³-hybridized carbons (Fsp3) is 0.562. The third kappa shape index (κ3) is 4.15. The van der Waals surface area contributed by atoms with Gasteiger partial charge in [0.05, 0.1) is 0 Å². The van der Waals surface area contributed by atoms with Gasteiger partial charge in [-0.3, -0.25) is 14.8 Å². The SMILES string of the molecule is CC(C)=CCN1CCN([C@H](C)c2cccnc2)CC1. The molecule has 19 heavy (non-hydrogen) atoms. The highest BCUT2D eigenvalue weighted by Gasteiger charge is 2.21. The van der Waals surface area contributed by atoms with E-state index in [1.54, 1.807) is 0 Å². The molecule has 104 valence electrons. The van der Waals surface area contributed by atoms with Gasteiger partial charge in [-0.05, 0) is 32.4 Å². The van der Waals surface area contributed by atoms with Crippen molar-refractivity contribution in [2.24, 2.45) is 0 Å². The zero-order valence-electron chi connectivity index (χ0n) is 12.3. The first-order valence-corrected chi connectivity index (χ1v) is 7.16. The molecule has 1 atom stereocenters. The topological polar surface area (TPSA) is 19.4 Å². The molecule has 0 radical (unpaired) electrons. The molecule has 2 rings (SSSR count). The third-order valence-electron chi connectivity index (χ3n) is 3.88. The summed E-state index contributed by atoms with van der Waals surface area (Å²) in [5, 5.41) is 0. The molecule has 2 heterocycles. The lowest BCUT2D eigenvalue weighted by Crippen LogP contribution is -2.47. The second kappa shape index (κ2) is 6.83. The predicted octanol–water partition coefficient (Wildman–Crippen LogP) is 2.73. The van der Waals surface area contributed by atoms with Crippen molar-refractivity contribution in [3.63, 3.8) is 0 Å². The molecular formula is C16H25N3. The van der Waals surface area contributed by atoms with Crippen LogP contribution in [0.3, 0.4) is 0 Å². The summed E-state index contributed by atoms with van der Waals surface area (Å²) in [6, 6.07) is 4.67. The fourth-order valence-electron chi connectivity index (χ4n) is 2.48. The Morgan fingerprint density at radius 2 is 2.05 bits per heavy atom. The number of allylic oxidation sites excluding steroid dienone is 1. The molecule has 0 amide bonds. The maximum atomic E-state index is 4.22. The quantitative estimate of drug-likeness (QED) is 0.775. The molecule has 1 aliphatic heterocycles. The van der Waals surface area contributed by atoms with Gasteiger partial charge in [0.15, 0.2) is 0 Å². The van der Waals surface area contributed by atoms with E-state index in [0.717, 1.165) is 32.7 Å². The van der Waals surface area contributed by atoms with E-state index in [0.29, 0.717) is 6.04 Å². The van der Waals surface area contributed by atoms with E-state index < -0.39 is 0 Å². The van der Waals surface area contributed by atoms with Crippen LogP contribution in [-0.2, 0) is 0 Å². The van der Waals surface area contributed by atoms with Crippen LogP contribution in [0.2, 0.25) is 0 Å². The standard InChI is InChI=1S/C16H25N3/c1-14(2)6-8-18-9-11-19(12-10-18)15(3)16-5-4-7-17-13-16/h4-7,13,15H,8-12H2,1-3H3/t15-/m1/s1. The lowest BCUT2D eigenvalue weighted by Gasteiger charge is -2.37. The van der Waals surface area contributed by atoms with Crippen molar-refractivity contribution in [1.29, 1.82) is 0 Å². The van der Waals surface area contributed by atoms with Crippen molar-refractivity contribution in [1.82, 2.24) is 14.8 Å². The number of hydrogen-bond acceptors (Lipinski definition) is 3. The van der Waals surface area contributed by atoms with Crippen LogP contribution in [0, 0.1) is 0 Å². The first-order valence-electron chi connectivity index (χ1n) is 7.16. The van der Waals surface area contributed by atoms with Gasteiger partial charge in [0.1, 0.15) is 0 Å². The van der Waals surface area contributed by atoms with Gasteiger partial charge < -0.3 is 0 Å². The second-order valence-electron chi connectivity index (χ2n) is 5.58. The van der Waals surface area contributed by atoms with Gasteiger partial charge in [-0.2, -0.15) is 0 Å². The number of hydrogen-bond donors (Lipinski definition) is 0. The minimum atomic E-state index is 0.472. The number of piperazine rings is 1. The first kappa shape index (κ1) is 14.2. The minimum absolute atomic E-state index is 0.472. The van der Waals surface area contributed by atoms with Gasteiger partial charge in [-0.15, -0.1) is 0 Å². The van der Waals surface area contributed by atoms with Gasteiger partial charge in [-0.25, -0.2) is 0 Å². The predicted molar refractivity (Wildman–Crippen MR) is 80.1 cm³/mol. The lowest BCUT2D eigenvalue weighted by atomic mass is 10.1. The van der Waals surface area contributed by atoms with Gasteiger partial charge in [0.2, 0.25) is 0 Å². The summed E-state index contributed by atoms with van der Waals surface area (Å²) in [4.78, 5) is 9.30. The zero-order valence-corrected chi connectivity index (χ0v) is 12.3. The molecule has 0 bridgehead atoms. The van der Waals surface area contributed by atoms with Crippen molar-refractivity contribution in [2.45, 2.75) is 26.8 Å². The molecule has 0 spiro atoms. The number of pyridine rings is 1. The van der Waals surface area contributed by atoms with Crippen molar-refractivity contribution in [3.8, 4) is 0 Å². The molecule has 1 aliphatic rings. The fourth-order valence-corrected chi connectivity index (χ4v) is 2.48. The van der Waals surface area contributed by atoms with E-state index in [4.69, 9.17) is 0 Å². The second-order valence-corrected chi connectivity index (χ2v) is 5.58. The Morgan fingerprint density at radius 1 is 1.32 bits per heavy atom. The molecule has 1 saturated heterocycles. The van der Waals surface area contributed by atoms with E-state index in [2.05, 4.69) is 47.7 Å². The Balaban J connectivity index is 1.85. The van der Waals surface area contributed by atoms with Crippen molar-refractivity contribution in [2.75, 3.05) is 32.7 Å². The molecular weight excluding hydrogens is 234 g/mol. The summed E-state index contributed by atoms with van der Waals surface area (Å²) in [6.07, 6.45) is 6.15. The first-order chi connectivity index (χ1) is 9.16. The van der Waals surface area contributed by atoms with Crippen molar-refractivity contribution >= 4 is 0 Å². The normalized spacial score (nSPS) is 19.1. The van der Waals surface area contributed by atoms with Crippen LogP contribution in [0.5, 0.6) is 0 Å². The Hall–Kier alpha value is -1.19. The van der Waals surface area contributed by atoms with Gasteiger partial charge >= 0.3 is 0 Å². The van der Waals surface area contributed by atoms with E-state index in [1.165, 1.54) is 11.1 Å². The van der Waals surface area contributed by atoms with Gasteiger partial charge in [-0.1, -0.05) is 17.7 Å². The van der Waals surface area contributed by atoms with Crippen LogP contribution >= 0.6 is 0 Å². The van der Waals surface area contributed by atoms with Crippen molar-refractivity contribution in [3.05, 3.63) is 41.7 Å². The van der Waals surface area contributed by atoms with Crippen LogP contribution in [-0.4, -0.2) is 47.5 Å². The molecule has 0 aliphatic carbocycles. The Morgan fingerprint density at radius 3 is 2.63 bits per heavy atom. The lowest BCUT2D eigenvalue weighted by molar-refractivity contribution is 0.110. The monoisotopic (exact) mass is 259 g/mol. The Labute approximate surface area is 116 Å². The molecule has 1 fully saturated rings. The average molecular weight is 259 g/mol. The highest BCUT2D eigenvalue weighted by atomic mass is 15.3. The van der Waals surface area contributed by atoms with Gasteiger partial charge in [0, 0.05) is 51.2 Å². The molecule has 1 aromatic heterocycles. The van der Waals surface area contributed by atoms with Crippen LogP contribution < -0.4 is 0 Å². The van der Waals surface area contributed by atoms with Crippen LogP contribution in [0.1, 0.15) is 32.4 Å². The highest BCUT2D eigenvalue weighted by molar-refractivity contribution is 5.13. The Kier molecular flexibility index (Phi) is 5.11. The minimum Gasteiger partial charge on any atom is -0.297 e. The summed E-state index contributed by atoms with van der Waals surface area (Å²) in [7, 11) is 0. The summed E-state index contributed by atoms with van der Waals surface area (Å²) < 4.78 is 0. The van der Waals surface area contributed by atoms with E-state index in [9.17, 15) is 0 Å². The third-order valence-corrected chi connectivity index (χ3v) is 3.88. The van der Waals surface area contributed by atoms with E-state index >= 15 is 0 Å². The van der Waals surface area contributed by atoms with E-state index in [-0.39, 0.29) is 0 Å². The van der Waals surface area contributed by atoms with E-state index in [1.807, 2.05) is 18.5 Å². The van der Waals surface area contributed by atoms with Gasteiger partial charge in [0.25, 0.3) is 0 Å². The van der Waals surface area contributed by atoms with Crippen LogP contribution in [0.4, 0.5) is 0 Å². The van der Waals surface area contributed by atoms with Crippen LogP contribution in [0.15, 0.2) is 36.2 Å². The maximum Gasteiger partial charge on any atom is 0.0336 e. The smallest absolute Gasteiger partial charge is 0.0336 e. The van der Waals surface area contributed by atoms with Crippen LogP contribution in [0.25, 0.3) is 0 Å². The maximum absolute atomic E-state index is 4.22. The molecule has 0 aromatic carbocycles. The number of rotatable bonds is 4. The van der Waals surface area contributed by atoms with Crippen molar-refractivity contribution < 1.29 is 0 Å². The molecule has 0 saturated carbocycles. The molecule has 0 N–H and O–H groups in total. The summed E-state index contributed by atoms with van der Waals surface area (Å²) >= 11 is 0. The molecule has 0 unspecified atom stereocenters. The molecule has 1 aromatic rings. The number of nitrogens with zero attached hydrogens (tertiary/aromatic N) is 3. The summed E-state index contributed by atoms with van der Waals surface area (Å²) in [5.74, 6) is 0. The average Bonchev–Trinajstić information content (AvgIpc) is 2.46. The number of aromatic nitrogens is 1. The summed E-state index contributed by atoms with van der Waals surface area (Å²) in [5.41, 5.74) is 2.73. The molecule has 3 heteroatoms. The zero-order chi connectivity index (χ0) is 13.7.